The number of nitrogens with one attached hydrogen (secondary N) is 2. The van der Waals surface area contributed by atoms with Gasteiger partial charge in [0.15, 0.2) is 0 Å². The van der Waals surface area contributed by atoms with E-state index in [2.05, 4.69) is 31.1 Å². The van der Waals surface area contributed by atoms with Crippen LogP contribution in [0.1, 0.15) is 74.7 Å². The third kappa shape index (κ3) is 5.64. The van der Waals surface area contributed by atoms with Crippen molar-refractivity contribution < 1.29 is 14.3 Å². The molecule has 2 fully saturated rings. The second kappa shape index (κ2) is 11.1. The van der Waals surface area contributed by atoms with Crippen LogP contribution < -0.4 is 10.6 Å². The maximum atomic E-state index is 13.7. The number of aromatic nitrogens is 7. The van der Waals surface area contributed by atoms with Crippen molar-refractivity contribution in [1.82, 2.24) is 39.9 Å². The van der Waals surface area contributed by atoms with Crippen LogP contribution in [-0.4, -0.2) is 66.1 Å². The molecule has 3 aromatic rings. The molecule has 5 rings (SSSR count). The molecule has 12 heteroatoms. The van der Waals surface area contributed by atoms with E-state index in [9.17, 15) is 9.59 Å². The number of carbonyl (C=O) groups excluding carboxylic acids is 2. The Hall–Kier alpha value is -3.54. The van der Waals surface area contributed by atoms with E-state index >= 15 is 0 Å². The minimum atomic E-state index is -0.626. The molecule has 2 aliphatic carbocycles. The van der Waals surface area contributed by atoms with Crippen molar-refractivity contribution in [2.75, 3.05) is 19.0 Å². The summed E-state index contributed by atoms with van der Waals surface area (Å²) >= 11 is 0. The summed E-state index contributed by atoms with van der Waals surface area (Å²) in [6.07, 6.45) is 11.2. The van der Waals surface area contributed by atoms with Crippen LogP contribution in [0.25, 0.3) is 0 Å². The molecule has 0 aliphatic heterocycles. The van der Waals surface area contributed by atoms with Crippen molar-refractivity contribution in [3.05, 3.63) is 42.2 Å². The molecule has 0 spiro atoms. The van der Waals surface area contributed by atoms with Gasteiger partial charge in [-0.2, -0.15) is 10.2 Å². The van der Waals surface area contributed by atoms with Crippen molar-refractivity contribution >= 4 is 17.5 Å². The summed E-state index contributed by atoms with van der Waals surface area (Å²) < 4.78 is 10.4. The molecule has 12 nitrogen and oxygen atoms in total. The zero-order chi connectivity index (χ0) is 26.8. The Balaban J connectivity index is 1.32. The van der Waals surface area contributed by atoms with Crippen LogP contribution in [-0.2, 0) is 16.1 Å². The Labute approximate surface area is 222 Å². The van der Waals surface area contributed by atoms with Crippen molar-refractivity contribution in [3.63, 3.8) is 0 Å². The molecule has 0 saturated heterocycles. The minimum Gasteiger partial charge on any atom is -0.383 e. The summed E-state index contributed by atoms with van der Waals surface area (Å²) in [7, 11) is 1.65. The summed E-state index contributed by atoms with van der Waals surface area (Å²) in [5.41, 5.74) is 1.93. The molecule has 0 radical (unpaired) electrons. The number of carbonyl (C=O) groups is 2. The number of hydrogen-bond acceptors (Lipinski definition) is 7. The predicted octanol–water partition coefficient (Wildman–Crippen LogP) is 2.68. The van der Waals surface area contributed by atoms with Crippen molar-refractivity contribution in [3.8, 4) is 0 Å². The second-order valence-electron chi connectivity index (χ2n) is 10.7. The summed E-state index contributed by atoms with van der Waals surface area (Å²) in [6, 6.07) is 0.962. The number of hydrogen-bond donors (Lipinski definition) is 2. The number of ether oxygens (including phenoxy) is 1. The molecule has 2 amide bonds. The van der Waals surface area contributed by atoms with E-state index in [0.29, 0.717) is 36.4 Å². The number of rotatable bonds is 13. The first-order chi connectivity index (χ1) is 18.4. The van der Waals surface area contributed by atoms with Crippen LogP contribution in [0.15, 0.2) is 30.9 Å². The number of amides is 2. The summed E-state index contributed by atoms with van der Waals surface area (Å²) in [5.74, 6) is 0.581. The molecular formula is C26H37N9O3. The van der Waals surface area contributed by atoms with Crippen molar-refractivity contribution in [1.29, 1.82) is 0 Å². The zero-order valence-electron chi connectivity index (χ0n) is 22.4. The minimum absolute atomic E-state index is 0.0366. The van der Waals surface area contributed by atoms with Gasteiger partial charge in [-0.25, -0.2) is 4.68 Å². The quantitative estimate of drug-likeness (QED) is 0.352. The lowest BCUT2D eigenvalue weighted by atomic mass is 9.88. The second-order valence-corrected chi connectivity index (χ2v) is 10.7. The third-order valence-corrected chi connectivity index (χ3v) is 7.53. The van der Waals surface area contributed by atoms with Gasteiger partial charge in [-0.05, 0) is 70.3 Å². The maximum absolute atomic E-state index is 13.7. The highest BCUT2D eigenvalue weighted by molar-refractivity contribution is 6.00. The lowest BCUT2D eigenvalue weighted by Crippen LogP contribution is -2.50. The maximum Gasteiger partial charge on any atom is 0.270 e. The number of nitrogens with zero attached hydrogens (tertiary/aromatic N) is 7. The van der Waals surface area contributed by atoms with E-state index in [1.54, 1.807) is 52.0 Å². The van der Waals surface area contributed by atoms with Gasteiger partial charge >= 0.3 is 0 Å². The van der Waals surface area contributed by atoms with Crippen LogP contribution in [0.2, 0.25) is 0 Å². The van der Waals surface area contributed by atoms with Gasteiger partial charge in [0.2, 0.25) is 5.91 Å². The Morgan fingerprint density at radius 1 is 1.11 bits per heavy atom. The predicted molar refractivity (Wildman–Crippen MR) is 139 cm³/mol. The normalized spacial score (nSPS) is 17.1. The highest BCUT2D eigenvalue weighted by Crippen LogP contribution is 2.51. The Bertz CT molecular complexity index is 1240. The number of methoxy groups -OCH3 is 1. The molecule has 0 bridgehead atoms. The van der Waals surface area contributed by atoms with E-state index < -0.39 is 6.04 Å². The molecule has 2 saturated carbocycles. The molecule has 2 unspecified atom stereocenters. The topological polar surface area (TPSA) is 134 Å². The molecule has 38 heavy (non-hydrogen) atoms. The monoisotopic (exact) mass is 523 g/mol. The highest BCUT2D eigenvalue weighted by atomic mass is 16.5. The van der Waals surface area contributed by atoms with E-state index in [-0.39, 0.29) is 29.8 Å². The standard InChI is InChI=1S/C26H37N9O3/c1-16(2)35-21(9-10-28-35)25(36)31-24(23(18-5-6-18)19-7-8-19)26(37)30-20-13-29-34(15-20)17(3)22-14-27-32-33(22)11-12-38-4/h9-10,13-19,23-24H,5-8,11-12H2,1-4H3,(H,30,37)(H,31,36). The van der Waals surface area contributed by atoms with Gasteiger partial charge in [-0.15, -0.1) is 5.10 Å². The van der Waals surface area contributed by atoms with Gasteiger partial charge in [0.1, 0.15) is 11.7 Å². The van der Waals surface area contributed by atoms with E-state index in [1.165, 1.54) is 0 Å². The summed E-state index contributed by atoms with van der Waals surface area (Å²) in [4.78, 5) is 27.0. The van der Waals surface area contributed by atoms with Crippen LogP contribution in [0, 0.1) is 17.8 Å². The fourth-order valence-corrected chi connectivity index (χ4v) is 5.26. The summed E-state index contributed by atoms with van der Waals surface area (Å²) in [6.45, 7) is 7.06. The molecule has 2 N–H and O–H groups in total. The van der Waals surface area contributed by atoms with Crippen LogP contribution in [0.5, 0.6) is 0 Å². The molecule has 2 atom stereocenters. The Morgan fingerprint density at radius 2 is 1.84 bits per heavy atom. The smallest absolute Gasteiger partial charge is 0.270 e. The van der Waals surface area contributed by atoms with Crippen molar-refractivity contribution in [2.45, 2.75) is 71.1 Å². The van der Waals surface area contributed by atoms with Gasteiger partial charge in [-0.3, -0.25) is 19.0 Å². The molecule has 3 aromatic heterocycles. The Kier molecular flexibility index (Phi) is 7.59. The summed E-state index contributed by atoms with van der Waals surface area (Å²) in [5, 5.41) is 23.0. The fraction of sp³-hybridized carbons (Fsp3) is 0.615. The first-order valence-corrected chi connectivity index (χ1v) is 13.4. The molecular weight excluding hydrogens is 486 g/mol. The lowest BCUT2D eigenvalue weighted by Gasteiger charge is -2.27. The van der Waals surface area contributed by atoms with Crippen LogP contribution >= 0.6 is 0 Å². The first kappa shape index (κ1) is 26.1. The van der Waals surface area contributed by atoms with Gasteiger partial charge in [0, 0.05) is 25.5 Å². The third-order valence-electron chi connectivity index (χ3n) is 7.53. The van der Waals surface area contributed by atoms with Gasteiger partial charge in [-0.1, -0.05) is 5.21 Å². The molecule has 3 heterocycles. The number of anilines is 1. The first-order valence-electron chi connectivity index (χ1n) is 13.4. The van der Waals surface area contributed by atoms with Crippen molar-refractivity contribution in [2.24, 2.45) is 17.8 Å². The molecule has 0 aromatic carbocycles. The lowest BCUT2D eigenvalue weighted by molar-refractivity contribution is -0.119. The SMILES string of the molecule is COCCn1nncc1C(C)n1cc(NC(=O)C(NC(=O)c2ccnn2C(C)C)C(C2CC2)C2CC2)cn1. The zero-order valence-corrected chi connectivity index (χ0v) is 22.4. The van der Waals surface area contributed by atoms with E-state index in [1.807, 2.05) is 20.8 Å². The average molecular weight is 524 g/mol. The van der Waals surface area contributed by atoms with Gasteiger partial charge < -0.3 is 15.4 Å². The molecule has 204 valence electrons. The average Bonchev–Trinajstić information content (AvgIpc) is 3.75. The van der Waals surface area contributed by atoms with Gasteiger partial charge in [0.05, 0.1) is 43.0 Å². The van der Waals surface area contributed by atoms with Crippen LogP contribution in [0.3, 0.4) is 0 Å². The molecule has 2 aliphatic rings. The Morgan fingerprint density at radius 3 is 2.50 bits per heavy atom. The fourth-order valence-electron chi connectivity index (χ4n) is 5.26. The van der Waals surface area contributed by atoms with Crippen LogP contribution in [0.4, 0.5) is 5.69 Å². The van der Waals surface area contributed by atoms with E-state index in [0.717, 1.165) is 31.4 Å². The highest BCUT2D eigenvalue weighted by Gasteiger charge is 2.48. The largest absolute Gasteiger partial charge is 0.383 e. The van der Waals surface area contributed by atoms with E-state index in [4.69, 9.17) is 4.74 Å². The van der Waals surface area contributed by atoms with Gasteiger partial charge in [0.25, 0.3) is 5.91 Å².